The summed E-state index contributed by atoms with van der Waals surface area (Å²) in [7, 11) is 0. The molecule has 6 heteroatoms. The van der Waals surface area contributed by atoms with Crippen LogP contribution in [-0.2, 0) is 22.5 Å². The van der Waals surface area contributed by atoms with E-state index in [1.54, 1.807) is 17.5 Å². The number of carbonyl (C=O) groups is 1. The number of thiazole rings is 1. The van der Waals surface area contributed by atoms with Gasteiger partial charge in [-0.25, -0.2) is 4.98 Å². The number of rotatable bonds is 7. The molecular weight excluding hydrogens is 322 g/mol. The van der Waals surface area contributed by atoms with Crippen molar-refractivity contribution in [2.45, 2.75) is 45.3 Å². The van der Waals surface area contributed by atoms with Crippen LogP contribution in [0.1, 0.15) is 35.5 Å². The van der Waals surface area contributed by atoms with E-state index in [1.165, 1.54) is 4.88 Å². The van der Waals surface area contributed by atoms with Crippen LogP contribution in [0.15, 0.2) is 29.9 Å². The molecule has 5 nitrogen and oxygen atoms in total. The van der Waals surface area contributed by atoms with E-state index in [1.807, 2.05) is 35.5 Å². The highest BCUT2D eigenvalue weighted by Crippen LogP contribution is 2.18. The van der Waals surface area contributed by atoms with Crippen molar-refractivity contribution in [1.82, 2.24) is 14.9 Å². The Balaban J connectivity index is 1.63. The van der Waals surface area contributed by atoms with Gasteiger partial charge in [0.25, 0.3) is 0 Å². The molecule has 128 valence electrons. The lowest BCUT2D eigenvalue weighted by molar-refractivity contribution is -0.133. The van der Waals surface area contributed by atoms with Crippen LogP contribution in [0.3, 0.4) is 0 Å². The van der Waals surface area contributed by atoms with Crippen molar-refractivity contribution in [1.29, 1.82) is 0 Å². The maximum absolute atomic E-state index is 12.8. The number of hydrogen-bond acceptors (Lipinski definition) is 5. The van der Waals surface area contributed by atoms with Crippen LogP contribution in [0.25, 0.3) is 0 Å². The first kappa shape index (κ1) is 17.0. The molecular formula is C18H23N3O2S. The Kier molecular flexibility index (Phi) is 5.93. The van der Waals surface area contributed by atoms with Crippen LogP contribution in [0.4, 0.5) is 0 Å². The number of hydrogen-bond donors (Lipinski definition) is 0. The summed E-state index contributed by atoms with van der Waals surface area (Å²) in [5.74, 6) is 0.156. The third-order valence-electron chi connectivity index (χ3n) is 4.29. The normalized spacial score (nSPS) is 17.1. The Morgan fingerprint density at radius 1 is 1.42 bits per heavy atom. The Bertz CT molecular complexity index is 653. The quantitative estimate of drug-likeness (QED) is 0.774. The third-order valence-corrected chi connectivity index (χ3v) is 5.29. The molecule has 1 atom stereocenters. The first-order valence-corrected chi connectivity index (χ1v) is 9.28. The molecule has 0 spiro atoms. The second kappa shape index (κ2) is 8.35. The summed E-state index contributed by atoms with van der Waals surface area (Å²) in [6.45, 7) is 3.99. The predicted molar refractivity (Wildman–Crippen MR) is 93.8 cm³/mol. The SMILES string of the molecule is Cc1ncsc1CCC(=O)N(Cc1ccccn1)C[C@@H]1CCCO1. The van der Waals surface area contributed by atoms with Gasteiger partial charge in [0.2, 0.25) is 5.91 Å². The molecule has 1 aliphatic heterocycles. The topological polar surface area (TPSA) is 55.3 Å². The van der Waals surface area contributed by atoms with Crippen molar-refractivity contribution in [3.8, 4) is 0 Å². The van der Waals surface area contributed by atoms with Crippen molar-refractivity contribution >= 4 is 17.2 Å². The largest absolute Gasteiger partial charge is 0.376 e. The molecule has 2 aromatic rings. The maximum Gasteiger partial charge on any atom is 0.223 e. The molecule has 3 rings (SSSR count). The number of aryl methyl sites for hydroxylation is 2. The summed E-state index contributed by atoms with van der Waals surface area (Å²) in [4.78, 5) is 24.5. The van der Waals surface area contributed by atoms with E-state index in [-0.39, 0.29) is 12.0 Å². The lowest BCUT2D eigenvalue weighted by atomic mass is 10.2. The minimum atomic E-state index is 0.155. The predicted octanol–water partition coefficient (Wildman–Crippen LogP) is 2.99. The fraction of sp³-hybridized carbons (Fsp3) is 0.500. The first-order chi connectivity index (χ1) is 11.7. The van der Waals surface area contributed by atoms with Gasteiger partial charge in [0.05, 0.1) is 29.5 Å². The second-order valence-corrected chi connectivity index (χ2v) is 7.03. The first-order valence-electron chi connectivity index (χ1n) is 8.40. The number of nitrogens with zero attached hydrogens (tertiary/aromatic N) is 3. The smallest absolute Gasteiger partial charge is 0.223 e. The second-order valence-electron chi connectivity index (χ2n) is 6.09. The standard InChI is InChI=1S/C18H23N3O2S/c1-14-17(24-13-20-14)7-8-18(22)21(12-16-6-4-10-23-16)11-15-5-2-3-9-19-15/h2-3,5,9,13,16H,4,6-8,10-12H2,1H3/t16-/m0/s1. The van der Waals surface area contributed by atoms with Gasteiger partial charge >= 0.3 is 0 Å². The van der Waals surface area contributed by atoms with Crippen LogP contribution < -0.4 is 0 Å². The molecule has 2 aromatic heterocycles. The van der Waals surface area contributed by atoms with E-state index < -0.39 is 0 Å². The van der Waals surface area contributed by atoms with Crippen molar-refractivity contribution in [3.05, 3.63) is 46.2 Å². The minimum absolute atomic E-state index is 0.155. The highest BCUT2D eigenvalue weighted by Gasteiger charge is 2.23. The molecule has 0 saturated carbocycles. The molecule has 1 aliphatic rings. The Morgan fingerprint density at radius 2 is 2.33 bits per heavy atom. The Labute approximate surface area is 146 Å². The van der Waals surface area contributed by atoms with Crippen LogP contribution >= 0.6 is 11.3 Å². The fourth-order valence-corrected chi connectivity index (χ4v) is 3.70. The molecule has 0 N–H and O–H groups in total. The monoisotopic (exact) mass is 345 g/mol. The van der Waals surface area contributed by atoms with Crippen LogP contribution in [0.5, 0.6) is 0 Å². The number of carbonyl (C=O) groups excluding carboxylic acids is 1. The van der Waals surface area contributed by atoms with Crippen molar-refractivity contribution < 1.29 is 9.53 Å². The molecule has 0 aromatic carbocycles. The molecule has 0 bridgehead atoms. The summed E-state index contributed by atoms with van der Waals surface area (Å²) in [6, 6.07) is 5.81. The van der Waals surface area contributed by atoms with E-state index in [0.29, 0.717) is 19.5 Å². The van der Waals surface area contributed by atoms with Crippen LogP contribution in [0.2, 0.25) is 0 Å². The van der Waals surface area contributed by atoms with E-state index in [4.69, 9.17) is 4.74 Å². The van der Waals surface area contributed by atoms with Gasteiger partial charge in [0.15, 0.2) is 0 Å². The van der Waals surface area contributed by atoms with Gasteiger partial charge in [-0.3, -0.25) is 9.78 Å². The Hall–Kier alpha value is -1.79. The highest BCUT2D eigenvalue weighted by molar-refractivity contribution is 7.09. The van der Waals surface area contributed by atoms with Gasteiger partial charge in [0, 0.05) is 30.6 Å². The molecule has 0 aliphatic carbocycles. The highest BCUT2D eigenvalue weighted by atomic mass is 32.1. The van der Waals surface area contributed by atoms with Crippen molar-refractivity contribution in [2.75, 3.05) is 13.2 Å². The van der Waals surface area contributed by atoms with Gasteiger partial charge in [0.1, 0.15) is 0 Å². The molecule has 1 amide bonds. The summed E-state index contributed by atoms with van der Waals surface area (Å²) < 4.78 is 5.72. The van der Waals surface area contributed by atoms with Gasteiger partial charge in [-0.1, -0.05) is 6.07 Å². The van der Waals surface area contributed by atoms with E-state index in [0.717, 1.165) is 37.3 Å². The lowest BCUT2D eigenvalue weighted by Gasteiger charge is -2.25. The molecule has 24 heavy (non-hydrogen) atoms. The third kappa shape index (κ3) is 4.61. The number of pyridine rings is 1. The van der Waals surface area contributed by atoms with E-state index >= 15 is 0 Å². The van der Waals surface area contributed by atoms with Gasteiger partial charge in [-0.15, -0.1) is 11.3 Å². The average molecular weight is 345 g/mol. The zero-order valence-corrected chi connectivity index (χ0v) is 14.8. The van der Waals surface area contributed by atoms with Gasteiger partial charge in [-0.2, -0.15) is 0 Å². The summed E-state index contributed by atoms with van der Waals surface area (Å²) in [6.07, 6.45) is 5.28. The van der Waals surface area contributed by atoms with Gasteiger partial charge < -0.3 is 9.64 Å². The summed E-state index contributed by atoms with van der Waals surface area (Å²) in [5, 5.41) is 0. The summed E-state index contributed by atoms with van der Waals surface area (Å²) >= 11 is 1.62. The molecule has 0 unspecified atom stereocenters. The van der Waals surface area contributed by atoms with E-state index in [2.05, 4.69) is 9.97 Å². The van der Waals surface area contributed by atoms with E-state index in [9.17, 15) is 4.79 Å². The van der Waals surface area contributed by atoms with Gasteiger partial charge in [-0.05, 0) is 38.3 Å². The number of ether oxygens (including phenoxy) is 1. The minimum Gasteiger partial charge on any atom is -0.376 e. The molecule has 1 saturated heterocycles. The van der Waals surface area contributed by atoms with Crippen LogP contribution in [0, 0.1) is 6.92 Å². The molecule has 0 radical (unpaired) electrons. The fourth-order valence-electron chi connectivity index (χ4n) is 2.92. The van der Waals surface area contributed by atoms with Crippen molar-refractivity contribution in [3.63, 3.8) is 0 Å². The number of amides is 1. The Morgan fingerprint density at radius 3 is 3.00 bits per heavy atom. The zero-order chi connectivity index (χ0) is 16.8. The number of aromatic nitrogens is 2. The lowest BCUT2D eigenvalue weighted by Crippen LogP contribution is -2.37. The maximum atomic E-state index is 12.8. The van der Waals surface area contributed by atoms with Crippen molar-refractivity contribution in [2.24, 2.45) is 0 Å². The zero-order valence-electron chi connectivity index (χ0n) is 14.0. The summed E-state index contributed by atoms with van der Waals surface area (Å²) in [5.41, 5.74) is 3.79. The molecule has 1 fully saturated rings. The molecule has 3 heterocycles. The van der Waals surface area contributed by atoms with Crippen LogP contribution in [-0.4, -0.2) is 40.0 Å². The average Bonchev–Trinajstić information content (AvgIpc) is 3.25.